The van der Waals surface area contributed by atoms with E-state index >= 15 is 0 Å². The van der Waals surface area contributed by atoms with Gasteiger partial charge in [0.15, 0.2) is 0 Å². The van der Waals surface area contributed by atoms with Crippen LogP contribution in [0.4, 0.5) is 17.2 Å². The molecule has 140 valence electrons. The Hall–Kier alpha value is -3.80. The highest BCUT2D eigenvalue weighted by Gasteiger charge is 2.00. The van der Waals surface area contributed by atoms with Crippen LogP contribution < -0.4 is 15.4 Å². The van der Waals surface area contributed by atoms with E-state index in [1.54, 1.807) is 19.6 Å². The molecule has 0 saturated carbocycles. The Morgan fingerprint density at radius 1 is 1.00 bits per heavy atom. The first-order chi connectivity index (χ1) is 13.8. The van der Waals surface area contributed by atoms with Crippen LogP contribution in [0.1, 0.15) is 5.56 Å². The Labute approximate surface area is 163 Å². The van der Waals surface area contributed by atoms with Crippen molar-refractivity contribution in [1.82, 2.24) is 14.5 Å². The Balaban J connectivity index is 1.34. The van der Waals surface area contributed by atoms with E-state index in [4.69, 9.17) is 4.74 Å². The van der Waals surface area contributed by atoms with Crippen molar-refractivity contribution in [2.24, 2.45) is 0 Å². The van der Waals surface area contributed by atoms with E-state index < -0.39 is 0 Å². The summed E-state index contributed by atoms with van der Waals surface area (Å²) in [5.74, 6) is 1.64. The minimum absolute atomic E-state index is 0.708. The maximum Gasteiger partial charge on any atom is 0.126 e. The molecule has 4 rings (SSSR count). The van der Waals surface area contributed by atoms with Crippen LogP contribution in [-0.4, -0.2) is 21.6 Å². The van der Waals surface area contributed by atoms with Gasteiger partial charge in [-0.05, 0) is 42.0 Å². The predicted octanol–water partition coefficient (Wildman–Crippen LogP) is 4.63. The van der Waals surface area contributed by atoms with Crippen LogP contribution in [0.2, 0.25) is 0 Å². The van der Waals surface area contributed by atoms with Crippen LogP contribution >= 0.6 is 0 Å². The second-order valence-electron chi connectivity index (χ2n) is 6.28. The van der Waals surface area contributed by atoms with E-state index in [0.717, 1.165) is 28.6 Å². The topological polar surface area (TPSA) is 64.0 Å². The first kappa shape index (κ1) is 17.6. The molecule has 0 spiro atoms. The van der Waals surface area contributed by atoms with Crippen LogP contribution in [0.25, 0.3) is 5.69 Å². The van der Waals surface area contributed by atoms with Crippen molar-refractivity contribution in [1.29, 1.82) is 0 Å². The summed E-state index contributed by atoms with van der Waals surface area (Å²) < 4.78 is 7.22. The van der Waals surface area contributed by atoms with Gasteiger partial charge in [-0.2, -0.15) is 0 Å². The molecule has 0 bridgehead atoms. The van der Waals surface area contributed by atoms with Crippen LogP contribution in [0.15, 0.2) is 85.6 Å². The number of anilines is 3. The van der Waals surface area contributed by atoms with Crippen molar-refractivity contribution in [3.63, 3.8) is 0 Å². The lowest BCUT2D eigenvalue weighted by Gasteiger charge is -2.10. The van der Waals surface area contributed by atoms with Gasteiger partial charge in [0, 0.05) is 36.4 Å². The lowest BCUT2D eigenvalue weighted by molar-refractivity contribution is 0.415. The highest BCUT2D eigenvalue weighted by atomic mass is 16.5. The molecule has 2 heterocycles. The summed E-state index contributed by atoms with van der Waals surface area (Å²) in [6, 6.07) is 20.1. The van der Waals surface area contributed by atoms with Crippen LogP contribution in [0.5, 0.6) is 5.75 Å². The van der Waals surface area contributed by atoms with E-state index in [1.165, 1.54) is 5.56 Å². The largest absolute Gasteiger partial charge is 0.497 e. The third-order valence-electron chi connectivity index (χ3n) is 4.33. The lowest BCUT2D eigenvalue weighted by atomic mass is 10.2. The Bertz CT molecular complexity index is 1010. The molecule has 0 aliphatic carbocycles. The number of rotatable bonds is 7. The monoisotopic (exact) mass is 371 g/mol. The van der Waals surface area contributed by atoms with Gasteiger partial charge < -0.3 is 19.9 Å². The lowest BCUT2D eigenvalue weighted by Crippen LogP contribution is -2.02. The number of pyridine rings is 1. The molecule has 2 aromatic heterocycles. The number of aromatic nitrogens is 3. The minimum atomic E-state index is 0.708. The fourth-order valence-electron chi connectivity index (χ4n) is 2.83. The second-order valence-corrected chi connectivity index (χ2v) is 6.28. The number of methoxy groups -OCH3 is 1. The van der Waals surface area contributed by atoms with Gasteiger partial charge in [0.2, 0.25) is 0 Å². The zero-order valence-corrected chi connectivity index (χ0v) is 15.5. The second kappa shape index (κ2) is 8.26. The van der Waals surface area contributed by atoms with Crippen LogP contribution in [0, 0.1) is 0 Å². The van der Waals surface area contributed by atoms with Gasteiger partial charge in [0.1, 0.15) is 11.6 Å². The average Bonchev–Trinajstić information content (AvgIpc) is 3.29. The molecule has 0 aliphatic rings. The Morgan fingerprint density at radius 2 is 1.89 bits per heavy atom. The van der Waals surface area contributed by atoms with Crippen molar-refractivity contribution in [2.45, 2.75) is 6.54 Å². The molecule has 0 atom stereocenters. The van der Waals surface area contributed by atoms with Crippen molar-refractivity contribution in [3.8, 4) is 11.4 Å². The van der Waals surface area contributed by atoms with E-state index in [-0.39, 0.29) is 0 Å². The molecular weight excluding hydrogens is 350 g/mol. The van der Waals surface area contributed by atoms with Crippen LogP contribution in [0.3, 0.4) is 0 Å². The first-order valence-electron chi connectivity index (χ1n) is 8.98. The summed E-state index contributed by atoms with van der Waals surface area (Å²) in [6.45, 7) is 0.708. The molecule has 6 nitrogen and oxygen atoms in total. The zero-order valence-electron chi connectivity index (χ0n) is 15.5. The highest BCUT2D eigenvalue weighted by Crippen LogP contribution is 2.21. The van der Waals surface area contributed by atoms with Crippen molar-refractivity contribution < 1.29 is 4.74 Å². The first-order valence-corrected chi connectivity index (χ1v) is 8.98. The van der Waals surface area contributed by atoms with Gasteiger partial charge in [0.25, 0.3) is 0 Å². The molecule has 0 aliphatic heterocycles. The summed E-state index contributed by atoms with van der Waals surface area (Å²) in [7, 11) is 1.66. The van der Waals surface area contributed by atoms with Gasteiger partial charge in [-0.15, -0.1) is 0 Å². The molecule has 28 heavy (non-hydrogen) atoms. The summed E-state index contributed by atoms with van der Waals surface area (Å²) >= 11 is 0. The maximum absolute atomic E-state index is 5.24. The summed E-state index contributed by atoms with van der Waals surface area (Å²) in [4.78, 5) is 8.54. The standard InChI is InChI=1S/C22H21N5O/c1-28-21-4-2-3-18(13-21)26-19-7-10-22(25-15-19)24-14-17-5-8-20(9-6-17)27-12-11-23-16-27/h2-13,15-16,26H,14H2,1H3,(H,24,25). The fourth-order valence-corrected chi connectivity index (χ4v) is 2.83. The Morgan fingerprint density at radius 3 is 2.61 bits per heavy atom. The number of hydrogen-bond acceptors (Lipinski definition) is 5. The molecule has 2 aromatic carbocycles. The number of imidazole rings is 1. The fraction of sp³-hybridized carbons (Fsp3) is 0.0909. The molecule has 4 aromatic rings. The molecule has 0 fully saturated rings. The number of hydrogen-bond donors (Lipinski definition) is 2. The zero-order chi connectivity index (χ0) is 19.2. The van der Waals surface area contributed by atoms with E-state index in [2.05, 4.69) is 44.9 Å². The van der Waals surface area contributed by atoms with E-state index in [1.807, 2.05) is 53.4 Å². The smallest absolute Gasteiger partial charge is 0.126 e. The van der Waals surface area contributed by atoms with Crippen LogP contribution in [-0.2, 0) is 6.54 Å². The molecule has 0 amide bonds. The van der Waals surface area contributed by atoms with Crippen molar-refractivity contribution >= 4 is 17.2 Å². The minimum Gasteiger partial charge on any atom is -0.497 e. The normalized spacial score (nSPS) is 10.5. The Kier molecular flexibility index (Phi) is 5.20. The molecule has 0 unspecified atom stereocenters. The van der Waals surface area contributed by atoms with Crippen molar-refractivity contribution in [2.75, 3.05) is 17.7 Å². The summed E-state index contributed by atoms with van der Waals surface area (Å²) in [5.41, 5.74) is 4.15. The SMILES string of the molecule is COc1cccc(Nc2ccc(NCc3ccc(-n4ccnc4)cc3)nc2)c1. The molecule has 6 heteroatoms. The highest BCUT2D eigenvalue weighted by molar-refractivity contribution is 5.61. The number of benzene rings is 2. The van der Waals surface area contributed by atoms with Gasteiger partial charge in [-0.25, -0.2) is 9.97 Å². The van der Waals surface area contributed by atoms with E-state index in [9.17, 15) is 0 Å². The van der Waals surface area contributed by atoms with Crippen molar-refractivity contribution in [3.05, 3.63) is 91.1 Å². The molecular formula is C22H21N5O. The van der Waals surface area contributed by atoms with Gasteiger partial charge in [-0.3, -0.25) is 0 Å². The average molecular weight is 371 g/mol. The van der Waals surface area contributed by atoms with Gasteiger partial charge in [0.05, 0.1) is 25.3 Å². The van der Waals surface area contributed by atoms with Gasteiger partial charge >= 0.3 is 0 Å². The maximum atomic E-state index is 5.24. The summed E-state index contributed by atoms with van der Waals surface area (Å²) in [5, 5.41) is 6.67. The number of ether oxygens (including phenoxy) is 1. The molecule has 2 N–H and O–H groups in total. The van der Waals surface area contributed by atoms with Gasteiger partial charge in [-0.1, -0.05) is 18.2 Å². The summed E-state index contributed by atoms with van der Waals surface area (Å²) in [6.07, 6.45) is 7.30. The quantitative estimate of drug-likeness (QED) is 0.496. The number of nitrogens with one attached hydrogen (secondary N) is 2. The predicted molar refractivity (Wildman–Crippen MR) is 111 cm³/mol. The third kappa shape index (κ3) is 4.29. The van der Waals surface area contributed by atoms with E-state index in [0.29, 0.717) is 6.54 Å². The molecule has 0 radical (unpaired) electrons. The number of nitrogens with zero attached hydrogens (tertiary/aromatic N) is 3. The molecule has 0 saturated heterocycles. The third-order valence-corrected chi connectivity index (χ3v) is 4.33.